The molecule has 0 atom stereocenters. The lowest BCUT2D eigenvalue weighted by atomic mass is 10.2. The van der Waals surface area contributed by atoms with Crippen LogP contribution in [0.4, 0.5) is 5.69 Å². The number of benzene rings is 1. The number of para-hydroxylation sites is 1. The molecule has 0 bridgehead atoms. The predicted octanol–water partition coefficient (Wildman–Crippen LogP) is 2.43. The van der Waals surface area contributed by atoms with E-state index in [1.54, 1.807) is 23.1 Å². The van der Waals surface area contributed by atoms with E-state index in [1.165, 1.54) is 0 Å². The minimum atomic E-state index is -0.263. The summed E-state index contributed by atoms with van der Waals surface area (Å²) in [6.45, 7) is 3.90. The average molecular weight is 354 g/mol. The second-order valence-electron chi connectivity index (χ2n) is 6.21. The Hall–Kier alpha value is -2.73. The van der Waals surface area contributed by atoms with E-state index in [0.29, 0.717) is 13.1 Å². The molecule has 0 aliphatic carbocycles. The summed E-state index contributed by atoms with van der Waals surface area (Å²) in [7, 11) is 3.98. The molecule has 0 saturated carbocycles. The summed E-state index contributed by atoms with van der Waals surface area (Å²) in [5, 5.41) is 2.84. The van der Waals surface area contributed by atoms with Crippen molar-refractivity contribution < 1.29 is 9.59 Å². The molecule has 0 unspecified atom stereocenters. The van der Waals surface area contributed by atoms with Gasteiger partial charge in [-0.2, -0.15) is 0 Å². The number of amides is 2. The number of anilines is 1. The van der Waals surface area contributed by atoms with Gasteiger partial charge in [-0.15, -0.1) is 0 Å². The number of nitrogens with one attached hydrogen (secondary N) is 1. The maximum atomic E-state index is 12.8. The number of pyridine rings is 1. The quantitative estimate of drug-likeness (QED) is 0.740. The molecule has 2 amide bonds. The number of carbonyl (C=O) groups is 2. The molecule has 2 rings (SSSR count). The van der Waals surface area contributed by atoms with E-state index in [9.17, 15) is 9.59 Å². The van der Waals surface area contributed by atoms with Gasteiger partial charge in [-0.1, -0.05) is 24.3 Å². The fraction of sp³-hybridized carbons (Fsp3) is 0.350. The minimum absolute atomic E-state index is 0.221. The minimum Gasteiger partial charge on any atom is -0.351 e. The van der Waals surface area contributed by atoms with Crippen molar-refractivity contribution in [3.63, 3.8) is 0 Å². The zero-order valence-corrected chi connectivity index (χ0v) is 15.6. The molecule has 0 radical (unpaired) electrons. The molecule has 2 aromatic rings. The number of hydrogen-bond donors (Lipinski definition) is 1. The van der Waals surface area contributed by atoms with Crippen molar-refractivity contribution >= 4 is 17.5 Å². The summed E-state index contributed by atoms with van der Waals surface area (Å²) in [6.07, 6.45) is 0.856. The molecule has 1 aromatic heterocycles. The standard InChI is InChI=1S/C20H26N4O2/c1-4-24(16-10-6-5-7-11-16)20(26)18-13-8-12-17(22-18)19(25)21-14-9-15-23(2)3/h5-8,10-13H,4,9,14-15H2,1-3H3,(H,21,25). The van der Waals surface area contributed by atoms with Gasteiger partial charge in [0.25, 0.3) is 11.8 Å². The van der Waals surface area contributed by atoms with Crippen LogP contribution in [-0.2, 0) is 0 Å². The number of nitrogens with zero attached hydrogens (tertiary/aromatic N) is 3. The second kappa shape index (κ2) is 9.68. The Morgan fingerprint density at radius 2 is 1.69 bits per heavy atom. The SMILES string of the molecule is CCN(C(=O)c1cccc(C(=O)NCCCN(C)C)n1)c1ccccc1. The van der Waals surface area contributed by atoms with Crippen molar-refractivity contribution in [2.45, 2.75) is 13.3 Å². The molecule has 6 heteroatoms. The molecule has 138 valence electrons. The highest BCUT2D eigenvalue weighted by molar-refractivity contribution is 6.05. The van der Waals surface area contributed by atoms with Gasteiger partial charge in [-0.05, 0) is 58.3 Å². The molecule has 1 heterocycles. The summed E-state index contributed by atoms with van der Waals surface area (Å²) in [5.74, 6) is -0.484. The maximum absolute atomic E-state index is 12.8. The molecule has 6 nitrogen and oxygen atoms in total. The average Bonchev–Trinajstić information content (AvgIpc) is 2.66. The largest absolute Gasteiger partial charge is 0.351 e. The first-order valence-electron chi connectivity index (χ1n) is 8.79. The number of hydrogen-bond acceptors (Lipinski definition) is 4. The summed E-state index contributed by atoms with van der Waals surface area (Å²) < 4.78 is 0. The van der Waals surface area contributed by atoms with E-state index >= 15 is 0 Å². The van der Waals surface area contributed by atoms with Gasteiger partial charge in [0.2, 0.25) is 0 Å². The van der Waals surface area contributed by atoms with Gasteiger partial charge in [-0.3, -0.25) is 9.59 Å². The highest BCUT2D eigenvalue weighted by Crippen LogP contribution is 2.16. The van der Waals surface area contributed by atoms with Gasteiger partial charge < -0.3 is 15.1 Å². The number of carbonyl (C=O) groups excluding carboxylic acids is 2. The Morgan fingerprint density at radius 1 is 1.00 bits per heavy atom. The first-order chi connectivity index (χ1) is 12.5. The van der Waals surface area contributed by atoms with Crippen LogP contribution in [0.25, 0.3) is 0 Å². The van der Waals surface area contributed by atoms with Crippen molar-refractivity contribution in [2.24, 2.45) is 0 Å². The third kappa shape index (κ3) is 5.39. The molecule has 0 aliphatic rings. The summed E-state index contributed by atoms with van der Waals surface area (Å²) in [6, 6.07) is 14.4. The molecule has 26 heavy (non-hydrogen) atoms. The van der Waals surface area contributed by atoms with Crippen LogP contribution in [0.15, 0.2) is 48.5 Å². The normalized spacial score (nSPS) is 10.6. The molecule has 1 aromatic carbocycles. The van der Waals surface area contributed by atoms with Crippen molar-refractivity contribution in [1.82, 2.24) is 15.2 Å². The van der Waals surface area contributed by atoms with E-state index in [2.05, 4.69) is 15.2 Å². The van der Waals surface area contributed by atoms with E-state index in [1.807, 2.05) is 51.4 Å². The Morgan fingerprint density at radius 3 is 2.35 bits per heavy atom. The van der Waals surface area contributed by atoms with Gasteiger partial charge in [-0.25, -0.2) is 4.98 Å². The Kier molecular flexibility index (Phi) is 7.29. The van der Waals surface area contributed by atoms with E-state index < -0.39 is 0 Å². The summed E-state index contributed by atoms with van der Waals surface area (Å²) in [5.41, 5.74) is 1.32. The van der Waals surface area contributed by atoms with Crippen LogP contribution in [0.5, 0.6) is 0 Å². The highest BCUT2D eigenvalue weighted by atomic mass is 16.2. The summed E-state index contributed by atoms with van der Waals surface area (Å²) >= 11 is 0. The number of rotatable bonds is 8. The third-order valence-electron chi connectivity index (χ3n) is 3.90. The van der Waals surface area contributed by atoms with Crippen molar-refractivity contribution in [1.29, 1.82) is 0 Å². The van der Waals surface area contributed by atoms with Gasteiger partial charge in [0.15, 0.2) is 0 Å². The fourth-order valence-corrected chi connectivity index (χ4v) is 2.56. The van der Waals surface area contributed by atoms with E-state index in [4.69, 9.17) is 0 Å². The first-order valence-corrected chi connectivity index (χ1v) is 8.79. The molecule has 0 fully saturated rings. The van der Waals surface area contributed by atoms with Gasteiger partial charge in [0, 0.05) is 18.8 Å². The van der Waals surface area contributed by atoms with Crippen LogP contribution >= 0.6 is 0 Å². The van der Waals surface area contributed by atoms with Crippen LogP contribution in [-0.4, -0.2) is 55.4 Å². The lowest BCUT2D eigenvalue weighted by Crippen LogP contribution is -2.32. The molecule has 0 spiro atoms. The summed E-state index contributed by atoms with van der Waals surface area (Å²) in [4.78, 5) is 33.0. The monoisotopic (exact) mass is 354 g/mol. The van der Waals surface area contributed by atoms with Crippen molar-refractivity contribution in [2.75, 3.05) is 38.6 Å². The molecule has 1 N–H and O–H groups in total. The topological polar surface area (TPSA) is 65.5 Å². The molecular formula is C20H26N4O2. The van der Waals surface area contributed by atoms with Gasteiger partial charge >= 0.3 is 0 Å². The van der Waals surface area contributed by atoms with Crippen LogP contribution in [0.2, 0.25) is 0 Å². The predicted molar refractivity (Wildman–Crippen MR) is 104 cm³/mol. The van der Waals surface area contributed by atoms with E-state index in [-0.39, 0.29) is 23.2 Å². The fourth-order valence-electron chi connectivity index (χ4n) is 2.56. The Balaban J connectivity index is 2.07. The maximum Gasteiger partial charge on any atom is 0.276 e. The Bertz CT molecular complexity index is 732. The third-order valence-corrected chi connectivity index (χ3v) is 3.90. The van der Waals surface area contributed by atoms with E-state index in [0.717, 1.165) is 18.7 Å². The molecule has 0 saturated heterocycles. The van der Waals surface area contributed by atoms with Crippen LogP contribution in [0, 0.1) is 0 Å². The Labute approximate surface area is 154 Å². The lowest BCUT2D eigenvalue weighted by molar-refractivity contribution is 0.0947. The second-order valence-corrected chi connectivity index (χ2v) is 6.21. The lowest BCUT2D eigenvalue weighted by Gasteiger charge is -2.20. The van der Waals surface area contributed by atoms with Crippen LogP contribution in [0.3, 0.4) is 0 Å². The zero-order valence-electron chi connectivity index (χ0n) is 15.6. The highest BCUT2D eigenvalue weighted by Gasteiger charge is 2.18. The molecule has 0 aliphatic heterocycles. The van der Waals surface area contributed by atoms with Crippen molar-refractivity contribution in [3.05, 3.63) is 59.9 Å². The van der Waals surface area contributed by atoms with Crippen LogP contribution < -0.4 is 10.2 Å². The van der Waals surface area contributed by atoms with Crippen molar-refractivity contribution in [3.8, 4) is 0 Å². The first kappa shape index (κ1) is 19.6. The van der Waals surface area contributed by atoms with Gasteiger partial charge in [0.05, 0.1) is 0 Å². The molecular weight excluding hydrogens is 328 g/mol. The smallest absolute Gasteiger partial charge is 0.276 e. The van der Waals surface area contributed by atoms with Gasteiger partial charge in [0.1, 0.15) is 11.4 Å². The zero-order chi connectivity index (χ0) is 18.9. The number of aromatic nitrogens is 1. The van der Waals surface area contributed by atoms with Crippen LogP contribution in [0.1, 0.15) is 34.3 Å².